The molecule has 1 rings (SSSR count). The Morgan fingerprint density at radius 3 is 3.00 bits per heavy atom. The maximum atomic E-state index is 11.5. The number of nitrogens with one attached hydrogen (secondary N) is 2. The molecule has 0 aromatic carbocycles. The molecule has 0 radical (unpaired) electrons. The number of H-pyrrole nitrogens is 1. The van der Waals surface area contributed by atoms with Crippen LogP contribution in [0.15, 0.2) is 22.4 Å². The van der Waals surface area contributed by atoms with Crippen LogP contribution in [0.2, 0.25) is 0 Å². The van der Waals surface area contributed by atoms with Crippen molar-refractivity contribution in [3.05, 3.63) is 12.3 Å². The predicted octanol–water partition coefficient (Wildman–Crippen LogP) is -0.785. The van der Waals surface area contributed by atoms with Crippen molar-refractivity contribution in [3.8, 4) is 0 Å². The number of nitrogens with two attached hydrogens (primary N) is 1. The lowest BCUT2D eigenvalue weighted by Crippen LogP contribution is -2.26. The fourth-order valence-electron chi connectivity index (χ4n) is 0.997. The molecule has 0 fully saturated rings. The number of oxime groups is 1. The number of hydrogen-bond donors (Lipinski definition) is 4. The zero-order valence-corrected chi connectivity index (χ0v) is 9.24. The molecule has 16 heavy (non-hydrogen) atoms. The first-order chi connectivity index (χ1) is 7.56. The fourth-order valence-corrected chi connectivity index (χ4v) is 1.98. The molecule has 9 heteroatoms. The monoisotopic (exact) mass is 247 g/mol. The molecule has 8 nitrogen and oxygen atoms in total. The van der Waals surface area contributed by atoms with Crippen LogP contribution in [0.1, 0.15) is 12.8 Å². The summed E-state index contributed by atoms with van der Waals surface area (Å²) in [7, 11) is -3.53. The summed E-state index contributed by atoms with van der Waals surface area (Å²) in [6.07, 6.45) is 2.12. The third kappa shape index (κ3) is 3.51. The lowest BCUT2D eigenvalue weighted by Gasteiger charge is -2.03. The Morgan fingerprint density at radius 1 is 1.69 bits per heavy atom. The quantitative estimate of drug-likeness (QED) is 0.172. The molecule has 0 atom stereocenters. The minimum absolute atomic E-state index is 0.0105. The van der Waals surface area contributed by atoms with E-state index in [1.807, 2.05) is 0 Å². The third-order valence-electron chi connectivity index (χ3n) is 1.79. The minimum Gasteiger partial charge on any atom is -0.409 e. The van der Waals surface area contributed by atoms with E-state index >= 15 is 0 Å². The number of hydrogen-bond acceptors (Lipinski definition) is 5. The van der Waals surface area contributed by atoms with E-state index in [1.165, 1.54) is 12.3 Å². The molecule has 0 saturated carbocycles. The largest absolute Gasteiger partial charge is 0.409 e. The molecule has 5 N–H and O–H groups in total. The summed E-state index contributed by atoms with van der Waals surface area (Å²) in [5, 5.41) is 16.9. The van der Waals surface area contributed by atoms with Gasteiger partial charge in [-0.3, -0.25) is 5.10 Å². The first-order valence-electron chi connectivity index (χ1n) is 4.51. The van der Waals surface area contributed by atoms with Gasteiger partial charge >= 0.3 is 0 Å². The van der Waals surface area contributed by atoms with Gasteiger partial charge in [0, 0.05) is 13.0 Å². The van der Waals surface area contributed by atoms with Crippen molar-refractivity contribution in [2.75, 3.05) is 6.54 Å². The van der Waals surface area contributed by atoms with Crippen LogP contribution in [-0.2, 0) is 10.0 Å². The topological polar surface area (TPSA) is 133 Å². The maximum absolute atomic E-state index is 11.5. The zero-order chi connectivity index (χ0) is 12.0. The van der Waals surface area contributed by atoms with Gasteiger partial charge in [-0.1, -0.05) is 5.16 Å². The van der Waals surface area contributed by atoms with Crippen molar-refractivity contribution in [1.29, 1.82) is 0 Å². The number of rotatable bonds is 6. The smallest absolute Gasteiger partial charge is 0.257 e. The summed E-state index contributed by atoms with van der Waals surface area (Å²) in [4.78, 5) is 0. The lowest BCUT2D eigenvalue weighted by molar-refractivity contribution is 0.316. The van der Waals surface area contributed by atoms with Crippen molar-refractivity contribution >= 4 is 15.9 Å². The van der Waals surface area contributed by atoms with Gasteiger partial charge in [0.2, 0.25) is 0 Å². The summed E-state index contributed by atoms with van der Waals surface area (Å²) in [5.41, 5.74) is 5.22. The van der Waals surface area contributed by atoms with Crippen LogP contribution >= 0.6 is 0 Å². The number of sulfonamides is 1. The van der Waals surface area contributed by atoms with Crippen LogP contribution in [0.5, 0.6) is 0 Å². The average Bonchev–Trinajstić information content (AvgIpc) is 2.78. The summed E-state index contributed by atoms with van der Waals surface area (Å²) < 4.78 is 25.4. The third-order valence-corrected chi connectivity index (χ3v) is 3.19. The summed E-state index contributed by atoms with van der Waals surface area (Å²) in [6.45, 7) is 0.206. The van der Waals surface area contributed by atoms with E-state index in [-0.39, 0.29) is 17.4 Å². The number of amidine groups is 1. The molecule has 1 heterocycles. The highest BCUT2D eigenvalue weighted by Crippen LogP contribution is 2.02. The van der Waals surface area contributed by atoms with Gasteiger partial charge in [0.05, 0.1) is 6.20 Å². The number of nitrogens with zero attached hydrogens (tertiary/aromatic N) is 2. The van der Waals surface area contributed by atoms with Crippen LogP contribution < -0.4 is 10.5 Å². The molecule has 0 aliphatic heterocycles. The first-order valence-corrected chi connectivity index (χ1v) is 6.00. The van der Waals surface area contributed by atoms with Crippen molar-refractivity contribution in [3.63, 3.8) is 0 Å². The van der Waals surface area contributed by atoms with Crippen LogP contribution in [0.3, 0.4) is 0 Å². The molecule has 0 unspecified atom stereocenters. The Labute approximate surface area is 92.6 Å². The Hall–Kier alpha value is -1.61. The van der Waals surface area contributed by atoms with Gasteiger partial charge in [-0.05, 0) is 12.5 Å². The Morgan fingerprint density at radius 2 is 2.44 bits per heavy atom. The SMILES string of the molecule is NC(CCCNS(=O)(=O)c1ccn[nH]1)=NO. The number of aromatic nitrogens is 2. The predicted molar refractivity (Wildman–Crippen MR) is 56.4 cm³/mol. The second kappa shape index (κ2) is 5.47. The van der Waals surface area contributed by atoms with E-state index in [1.54, 1.807) is 0 Å². The molecule has 0 spiro atoms. The molecule has 0 aliphatic rings. The average molecular weight is 247 g/mol. The molecular formula is C7H13N5O3S. The van der Waals surface area contributed by atoms with Gasteiger partial charge in [0.15, 0.2) is 5.03 Å². The highest BCUT2D eigenvalue weighted by Gasteiger charge is 2.13. The molecule has 0 amide bonds. The normalized spacial score (nSPS) is 12.9. The van der Waals surface area contributed by atoms with Gasteiger partial charge in [0.25, 0.3) is 10.0 Å². The van der Waals surface area contributed by atoms with Gasteiger partial charge in [0.1, 0.15) is 5.84 Å². The van der Waals surface area contributed by atoms with Crippen molar-refractivity contribution < 1.29 is 13.6 Å². The Balaban J connectivity index is 2.39. The molecule has 0 bridgehead atoms. The van der Waals surface area contributed by atoms with Gasteiger partial charge in [-0.2, -0.15) is 5.10 Å². The van der Waals surface area contributed by atoms with E-state index in [4.69, 9.17) is 10.9 Å². The molecule has 0 saturated heterocycles. The second-order valence-corrected chi connectivity index (χ2v) is 4.75. The van der Waals surface area contributed by atoms with Crippen molar-refractivity contribution in [1.82, 2.24) is 14.9 Å². The van der Waals surface area contributed by atoms with E-state index in [0.29, 0.717) is 12.8 Å². The van der Waals surface area contributed by atoms with Crippen LogP contribution in [0, 0.1) is 0 Å². The summed E-state index contributed by atoms with van der Waals surface area (Å²) in [5.74, 6) is 0.0701. The molecule has 1 aromatic rings. The van der Waals surface area contributed by atoms with E-state index in [2.05, 4.69) is 20.1 Å². The molecule has 90 valence electrons. The zero-order valence-electron chi connectivity index (χ0n) is 8.42. The first kappa shape index (κ1) is 12.5. The Bertz CT molecular complexity index is 439. The highest BCUT2D eigenvalue weighted by molar-refractivity contribution is 7.89. The highest BCUT2D eigenvalue weighted by atomic mass is 32.2. The molecule has 0 aliphatic carbocycles. The van der Waals surface area contributed by atoms with Gasteiger partial charge < -0.3 is 10.9 Å². The van der Waals surface area contributed by atoms with E-state index in [9.17, 15) is 8.42 Å². The van der Waals surface area contributed by atoms with Gasteiger partial charge in [-0.15, -0.1) is 0 Å². The van der Waals surface area contributed by atoms with E-state index < -0.39 is 10.0 Å². The standard InChI is InChI=1S/C7H13N5O3S/c8-6(12-13)2-1-4-10-16(14,15)7-3-5-9-11-7/h3,5,10,13H,1-2,4H2,(H2,8,12)(H,9,11). The summed E-state index contributed by atoms with van der Waals surface area (Å²) >= 11 is 0. The molecular weight excluding hydrogens is 234 g/mol. The van der Waals surface area contributed by atoms with Crippen LogP contribution in [-0.4, -0.2) is 36.2 Å². The number of aromatic amines is 1. The van der Waals surface area contributed by atoms with Gasteiger partial charge in [-0.25, -0.2) is 13.1 Å². The Kier molecular flexibility index (Phi) is 4.26. The van der Waals surface area contributed by atoms with Crippen LogP contribution in [0.4, 0.5) is 0 Å². The fraction of sp³-hybridized carbons (Fsp3) is 0.429. The lowest BCUT2D eigenvalue weighted by atomic mass is 10.3. The van der Waals surface area contributed by atoms with Crippen molar-refractivity contribution in [2.45, 2.75) is 17.9 Å². The molecule has 1 aromatic heterocycles. The second-order valence-electron chi connectivity index (χ2n) is 3.01. The van der Waals surface area contributed by atoms with Crippen molar-refractivity contribution in [2.24, 2.45) is 10.9 Å². The summed E-state index contributed by atoms with van der Waals surface area (Å²) in [6, 6.07) is 1.35. The van der Waals surface area contributed by atoms with E-state index in [0.717, 1.165) is 0 Å². The van der Waals surface area contributed by atoms with Crippen LogP contribution in [0.25, 0.3) is 0 Å². The minimum atomic E-state index is -3.53. The maximum Gasteiger partial charge on any atom is 0.257 e.